The van der Waals surface area contributed by atoms with Crippen LogP contribution in [0.2, 0.25) is 0 Å². The van der Waals surface area contributed by atoms with E-state index in [2.05, 4.69) is 4.98 Å². The molecule has 2 heterocycles. The van der Waals surface area contributed by atoms with Gasteiger partial charge in [-0.3, -0.25) is 4.79 Å². The molecule has 0 aliphatic carbocycles. The number of alkyl halides is 2. The van der Waals surface area contributed by atoms with Crippen LogP contribution < -0.4 is 0 Å². The van der Waals surface area contributed by atoms with E-state index in [0.717, 1.165) is 4.31 Å². The van der Waals surface area contributed by atoms with Gasteiger partial charge in [-0.2, -0.15) is 4.31 Å². The van der Waals surface area contributed by atoms with Crippen LogP contribution in [0, 0.1) is 5.41 Å². The summed E-state index contributed by atoms with van der Waals surface area (Å²) >= 11 is 0. The van der Waals surface area contributed by atoms with Gasteiger partial charge in [0.15, 0.2) is 5.03 Å². The van der Waals surface area contributed by atoms with E-state index in [-0.39, 0.29) is 31.0 Å². The molecular weight excluding hydrogens is 320 g/mol. The molecule has 0 atom stereocenters. The molecule has 1 saturated heterocycles. The number of aliphatic carboxylic acids is 1. The number of hydrogen-bond acceptors (Lipinski definition) is 4. The number of carboxylic acid groups (broad SMARTS) is 1. The number of carbonyl (C=O) groups is 1. The number of hydrogen-bond donors (Lipinski definition) is 1. The molecule has 0 amide bonds. The molecule has 7 nitrogen and oxygen atoms in total. The monoisotopic (exact) mass is 337 g/mol. The SMILES string of the molecule is Cn1cnc(S(=O)(=O)N2CCC(CC(F)F)(C(=O)O)CC2)c1. The Morgan fingerprint density at radius 2 is 2.05 bits per heavy atom. The lowest BCUT2D eigenvalue weighted by atomic mass is 9.76. The molecule has 1 aliphatic heterocycles. The third-order valence-electron chi connectivity index (χ3n) is 3.96. The number of rotatable bonds is 5. The summed E-state index contributed by atoms with van der Waals surface area (Å²) in [5.41, 5.74) is -1.57. The zero-order valence-corrected chi connectivity index (χ0v) is 12.8. The lowest BCUT2D eigenvalue weighted by Gasteiger charge is -2.37. The first-order valence-corrected chi connectivity index (χ1v) is 8.11. The van der Waals surface area contributed by atoms with Gasteiger partial charge in [0.25, 0.3) is 10.0 Å². The molecule has 0 bridgehead atoms. The fraction of sp³-hybridized carbons (Fsp3) is 0.667. The Labute approximate surface area is 126 Å². The number of carboxylic acids is 1. The van der Waals surface area contributed by atoms with Crippen molar-refractivity contribution in [2.75, 3.05) is 13.1 Å². The van der Waals surface area contributed by atoms with Crippen molar-refractivity contribution in [1.29, 1.82) is 0 Å². The van der Waals surface area contributed by atoms with Crippen molar-refractivity contribution >= 4 is 16.0 Å². The van der Waals surface area contributed by atoms with E-state index in [9.17, 15) is 27.1 Å². The number of aromatic nitrogens is 2. The van der Waals surface area contributed by atoms with E-state index in [1.807, 2.05) is 0 Å². The molecule has 0 aromatic carbocycles. The summed E-state index contributed by atoms with van der Waals surface area (Å²) in [5, 5.41) is 9.10. The molecule has 124 valence electrons. The van der Waals surface area contributed by atoms with Crippen molar-refractivity contribution < 1.29 is 27.1 Å². The fourth-order valence-corrected chi connectivity index (χ4v) is 4.02. The Kier molecular flexibility index (Phi) is 4.52. The van der Waals surface area contributed by atoms with Crippen molar-refractivity contribution in [1.82, 2.24) is 13.9 Å². The van der Waals surface area contributed by atoms with E-state index in [1.165, 1.54) is 17.1 Å². The normalized spacial score (nSPS) is 19.5. The summed E-state index contributed by atoms with van der Waals surface area (Å²) in [5.74, 6) is -1.30. The van der Waals surface area contributed by atoms with Gasteiger partial charge in [0, 0.05) is 32.8 Å². The van der Waals surface area contributed by atoms with Gasteiger partial charge in [0.1, 0.15) is 0 Å². The van der Waals surface area contributed by atoms with Crippen molar-refractivity contribution in [2.24, 2.45) is 12.5 Å². The molecule has 1 N–H and O–H groups in total. The second-order valence-corrected chi connectivity index (χ2v) is 7.35. The van der Waals surface area contributed by atoms with Crippen LogP contribution in [0.15, 0.2) is 17.6 Å². The fourth-order valence-electron chi connectivity index (χ4n) is 2.61. The van der Waals surface area contributed by atoms with E-state index in [0.29, 0.717) is 0 Å². The van der Waals surface area contributed by atoms with Crippen molar-refractivity contribution in [3.05, 3.63) is 12.5 Å². The van der Waals surface area contributed by atoms with E-state index < -0.39 is 34.3 Å². The van der Waals surface area contributed by atoms with E-state index in [1.54, 1.807) is 7.05 Å². The number of halogens is 2. The summed E-state index contributed by atoms with van der Waals surface area (Å²) in [4.78, 5) is 15.1. The van der Waals surface area contributed by atoms with Crippen molar-refractivity contribution in [2.45, 2.75) is 30.7 Å². The second-order valence-electron chi connectivity index (χ2n) is 5.46. The minimum atomic E-state index is -3.82. The third-order valence-corrected chi connectivity index (χ3v) is 5.75. The summed E-state index contributed by atoms with van der Waals surface area (Å²) in [7, 11) is -2.20. The largest absolute Gasteiger partial charge is 0.481 e. The molecular formula is C12H17F2N3O4S. The maximum atomic E-state index is 12.6. The topological polar surface area (TPSA) is 92.5 Å². The average molecular weight is 337 g/mol. The summed E-state index contributed by atoms with van der Waals surface area (Å²) in [6.45, 7) is -0.226. The van der Waals surface area contributed by atoms with Gasteiger partial charge >= 0.3 is 5.97 Å². The maximum Gasteiger partial charge on any atom is 0.309 e. The highest BCUT2D eigenvalue weighted by Gasteiger charge is 2.46. The van der Waals surface area contributed by atoms with Crippen LogP contribution >= 0.6 is 0 Å². The van der Waals surface area contributed by atoms with Gasteiger partial charge in [-0.1, -0.05) is 0 Å². The van der Waals surface area contributed by atoms with Crippen LogP contribution in [0.1, 0.15) is 19.3 Å². The number of nitrogens with zero attached hydrogens (tertiary/aromatic N) is 3. The van der Waals surface area contributed by atoms with Gasteiger partial charge in [-0.05, 0) is 12.8 Å². The molecule has 1 aromatic heterocycles. The highest BCUT2D eigenvalue weighted by atomic mass is 32.2. The summed E-state index contributed by atoms with van der Waals surface area (Å²) in [6, 6.07) is 0. The van der Waals surface area contributed by atoms with Crippen LogP contribution in [0.3, 0.4) is 0 Å². The van der Waals surface area contributed by atoms with Crippen LogP contribution in [-0.2, 0) is 21.9 Å². The highest BCUT2D eigenvalue weighted by molar-refractivity contribution is 7.89. The maximum absolute atomic E-state index is 12.6. The standard InChI is InChI=1S/C12H17F2N3O4S/c1-16-7-10(15-8-16)22(20,21)17-4-2-12(3-5-17,11(18)19)6-9(13)14/h7-9H,2-6H2,1H3,(H,18,19). The summed E-state index contributed by atoms with van der Waals surface area (Å²) < 4.78 is 52.5. The Morgan fingerprint density at radius 3 is 2.45 bits per heavy atom. The first kappa shape index (κ1) is 16.8. The zero-order valence-electron chi connectivity index (χ0n) is 11.9. The highest BCUT2D eigenvalue weighted by Crippen LogP contribution is 2.38. The Morgan fingerprint density at radius 1 is 1.45 bits per heavy atom. The quantitative estimate of drug-likeness (QED) is 0.863. The minimum absolute atomic E-state index is 0.113. The van der Waals surface area contributed by atoms with E-state index >= 15 is 0 Å². The lowest BCUT2D eigenvalue weighted by molar-refractivity contribution is -0.154. The molecule has 22 heavy (non-hydrogen) atoms. The molecule has 1 aromatic rings. The average Bonchev–Trinajstić information content (AvgIpc) is 2.86. The smallest absolute Gasteiger partial charge is 0.309 e. The second kappa shape index (κ2) is 5.92. The zero-order chi connectivity index (χ0) is 16.5. The van der Waals surface area contributed by atoms with Gasteiger partial charge in [-0.25, -0.2) is 22.2 Å². The van der Waals surface area contributed by atoms with Crippen LogP contribution in [0.4, 0.5) is 8.78 Å². The van der Waals surface area contributed by atoms with Crippen LogP contribution in [-0.4, -0.2) is 52.9 Å². The van der Waals surface area contributed by atoms with Gasteiger partial charge < -0.3 is 9.67 Å². The molecule has 2 rings (SSSR count). The Bertz CT molecular complexity index is 651. The minimum Gasteiger partial charge on any atom is -0.481 e. The van der Waals surface area contributed by atoms with Crippen LogP contribution in [0.25, 0.3) is 0 Å². The van der Waals surface area contributed by atoms with Gasteiger partial charge in [0.05, 0.1) is 11.7 Å². The first-order valence-electron chi connectivity index (χ1n) is 6.67. The van der Waals surface area contributed by atoms with Crippen LogP contribution in [0.5, 0.6) is 0 Å². The molecule has 10 heteroatoms. The molecule has 1 fully saturated rings. The third kappa shape index (κ3) is 3.12. The van der Waals surface area contributed by atoms with E-state index in [4.69, 9.17) is 0 Å². The molecule has 0 spiro atoms. The molecule has 0 saturated carbocycles. The van der Waals surface area contributed by atoms with Gasteiger partial charge in [-0.15, -0.1) is 0 Å². The molecule has 0 unspecified atom stereocenters. The number of aryl methyl sites for hydroxylation is 1. The Balaban J connectivity index is 2.15. The van der Waals surface area contributed by atoms with Crippen molar-refractivity contribution in [3.8, 4) is 0 Å². The number of sulfonamides is 1. The molecule has 1 aliphatic rings. The predicted octanol–water partition coefficient (Wildman–Crippen LogP) is 0.931. The first-order chi connectivity index (χ1) is 10.2. The Hall–Kier alpha value is -1.55. The van der Waals surface area contributed by atoms with Gasteiger partial charge in [0.2, 0.25) is 6.43 Å². The number of imidazole rings is 1. The van der Waals surface area contributed by atoms with Crippen molar-refractivity contribution in [3.63, 3.8) is 0 Å². The summed E-state index contributed by atoms with van der Waals surface area (Å²) in [6.07, 6.45) is -1.10. The predicted molar refractivity (Wildman–Crippen MR) is 71.9 cm³/mol. The molecule has 0 radical (unpaired) electrons. The number of piperidine rings is 1. The lowest BCUT2D eigenvalue weighted by Crippen LogP contribution is -2.47.